The van der Waals surface area contributed by atoms with Crippen molar-refractivity contribution in [1.82, 2.24) is 0 Å². The molecule has 0 aromatic rings. The van der Waals surface area contributed by atoms with E-state index in [1.54, 1.807) is 0 Å². The first kappa shape index (κ1) is 10.5. The van der Waals surface area contributed by atoms with Gasteiger partial charge in [0, 0.05) is 6.42 Å². The van der Waals surface area contributed by atoms with Crippen molar-refractivity contribution in [3.63, 3.8) is 0 Å². The summed E-state index contributed by atoms with van der Waals surface area (Å²) in [6.45, 7) is 0. The van der Waals surface area contributed by atoms with Crippen LogP contribution in [0, 0.1) is 0 Å². The van der Waals surface area contributed by atoms with Crippen molar-refractivity contribution in [3.8, 4) is 0 Å². The molecular weight excluding hydrogens is 194 g/mol. The maximum absolute atomic E-state index is 9.83. The average Bonchev–Trinajstić information content (AvgIpc) is 1.78. The number of halogens is 3. The van der Waals surface area contributed by atoms with Gasteiger partial charge in [-0.3, -0.25) is 0 Å². The van der Waals surface area contributed by atoms with Gasteiger partial charge in [0.2, 0.25) is 0 Å². The minimum atomic E-state index is -1.15. The Morgan fingerprint density at radius 3 is 2.20 bits per heavy atom. The average molecular weight is 203 g/mol. The van der Waals surface area contributed by atoms with Crippen LogP contribution in [0.2, 0.25) is 0 Å². The molecule has 0 aromatic carbocycles. The summed E-state index contributed by atoms with van der Waals surface area (Å²) in [5.41, 5.74) is 0. The fraction of sp³-hybridized carbons (Fsp3) is 0.833. The van der Waals surface area contributed by atoms with Crippen LogP contribution < -0.4 is 0 Å². The Morgan fingerprint density at radius 1 is 1.20 bits per heavy atom. The van der Waals surface area contributed by atoms with Gasteiger partial charge >= 0.3 is 0 Å². The van der Waals surface area contributed by atoms with E-state index in [0.29, 0.717) is 12.8 Å². The van der Waals surface area contributed by atoms with Gasteiger partial charge in [0.15, 0.2) is 3.79 Å². The van der Waals surface area contributed by atoms with Crippen molar-refractivity contribution < 1.29 is 4.79 Å². The molecule has 0 spiro atoms. The lowest BCUT2D eigenvalue weighted by Gasteiger charge is -2.08. The molecule has 0 aliphatic heterocycles. The summed E-state index contributed by atoms with van der Waals surface area (Å²) in [5.74, 6) is 0. The zero-order valence-corrected chi connectivity index (χ0v) is 7.72. The van der Waals surface area contributed by atoms with Gasteiger partial charge in [-0.15, -0.1) is 0 Å². The van der Waals surface area contributed by atoms with Crippen LogP contribution >= 0.6 is 34.8 Å². The highest BCUT2D eigenvalue weighted by Gasteiger charge is 2.17. The Balaban J connectivity index is 3.12. The van der Waals surface area contributed by atoms with Crippen molar-refractivity contribution in [2.75, 3.05) is 0 Å². The topological polar surface area (TPSA) is 17.1 Å². The van der Waals surface area contributed by atoms with Crippen LogP contribution in [0.25, 0.3) is 0 Å². The molecule has 4 heteroatoms. The van der Waals surface area contributed by atoms with Gasteiger partial charge in [0.25, 0.3) is 0 Å². The second kappa shape index (κ2) is 5.22. The molecule has 0 rings (SSSR count). The minimum absolute atomic E-state index is 0.519. The number of alkyl halides is 3. The Hall–Kier alpha value is 0.540. The zero-order chi connectivity index (χ0) is 8.04. The highest BCUT2D eigenvalue weighted by molar-refractivity contribution is 6.67. The Bertz CT molecular complexity index is 97.7. The Morgan fingerprint density at radius 2 is 1.80 bits per heavy atom. The first-order chi connectivity index (χ1) is 4.56. The molecule has 0 heterocycles. The van der Waals surface area contributed by atoms with E-state index in [0.717, 1.165) is 19.1 Å². The van der Waals surface area contributed by atoms with Crippen LogP contribution in [0.5, 0.6) is 0 Å². The highest BCUT2D eigenvalue weighted by atomic mass is 35.6. The number of carbonyl (C=O) groups is 1. The van der Waals surface area contributed by atoms with Crippen molar-refractivity contribution in [2.45, 2.75) is 29.5 Å². The molecule has 0 aliphatic carbocycles. The normalized spacial score (nSPS) is 11.5. The molecule has 0 amide bonds. The second-order valence-electron chi connectivity index (χ2n) is 2.03. The highest BCUT2D eigenvalue weighted by Crippen LogP contribution is 2.31. The third kappa shape index (κ3) is 8.54. The molecule has 0 aromatic heterocycles. The number of unbranched alkanes of at least 4 members (excludes halogenated alkanes) is 2. The molecule has 0 saturated carbocycles. The summed E-state index contributed by atoms with van der Waals surface area (Å²) in [6, 6.07) is 0. The second-order valence-corrected chi connectivity index (χ2v) is 4.54. The monoisotopic (exact) mass is 202 g/mol. The van der Waals surface area contributed by atoms with Crippen LogP contribution in [0.3, 0.4) is 0 Å². The Labute approximate surface area is 75.6 Å². The lowest BCUT2D eigenvalue weighted by molar-refractivity contribution is -0.107. The molecule has 0 bridgehead atoms. The van der Waals surface area contributed by atoms with E-state index < -0.39 is 3.79 Å². The van der Waals surface area contributed by atoms with Crippen molar-refractivity contribution in [2.24, 2.45) is 0 Å². The third-order valence-electron chi connectivity index (χ3n) is 1.03. The summed E-state index contributed by atoms with van der Waals surface area (Å²) in [5, 5.41) is 0. The van der Waals surface area contributed by atoms with Gasteiger partial charge in [-0.1, -0.05) is 34.8 Å². The summed E-state index contributed by atoms with van der Waals surface area (Å²) in [4.78, 5) is 9.83. The summed E-state index contributed by atoms with van der Waals surface area (Å²) < 4.78 is -1.15. The molecule has 0 radical (unpaired) electrons. The molecule has 0 fully saturated rings. The van der Waals surface area contributed by atoms with Crippen LogP contribution in [-0.4, -0.2) is 10.1 Å². The number of hydrogen-bond donors (Lipinski definition) is 0. The van der Waals surface area contributed by atoms with E-state index >= 15 is 0 Å². The maximum Gasteiger partial charge on any atom is 0.190 e. The number of rotatable bonds is 4. The van der Waals surface area contributed by atoms with Crippen LogP contribution in [0.4, 0.5) is 0 Å². The fourth-order valence-corrected chi connectivity index (χ4v) is 0.954. The lowest BCUT2D eigenvalue weighted by atomic mass is 10.2. The summed E-state index contributed by atoms with van der Waals surface area (Å²) >= 11 is 16.4. The standard InChI is InChI=1S/C6H9Cl3O/c7-6(8,9)4-2-1-3-5-10/h5H,1-4H2. The van der Waals surface area contributed by atoms with E-state index in [9.17, 15) is 4.79 Å². The predicted molar refractivity (Wildman–Crippen MR) is 44.8 cm³/mol. The molecule has 10 heavy (non-hydrogen) atoms. The number of hydrogen-bond acceptors (Lipinski definition) is 1. The van der Waals surface area contributed by atoms with E-state index in [-0.39, 0.29) is 0 Å². The van der Waals surface area contributed by atoms with Crippen LogP contribution in [0.1, 0.15) is 25.7 Å². The maximum atomic E-state index is 9.83. The van der Waals surface area contributed by atoms with E-state index in [2.05, 4.69) is 0 Å². The molecule has 0 aliphatic rings. The first-order valence-corrected chi connectivity index (χ1v) is 4.20. The molecule has 0 saturated heterocycles. The molecular formula is C6H9Cl3O. The fourth-order valence-electron chi connectivity index (χ4n) is 0.553. The van der Waals surface area contributed by atoms with Crippen LogP contribution in [-0.2, 0) is 4.79 Å². The Kier molecular flexibility index (Phi) is 5.51. The van der Waals surface area contributed by atoms with Gasteiger partial charge in [0.1, 0.15) is 6.29 Å². The number of carbonyl (C=O) groups excluding carboxylic acids is 1. The molecule has 60 valence electrons. The largest absolute Gasteiger partial charge is 0.303 e. The van der Waals surface area contributed by atoms with Gasteiger partial charge in [-0.25, -0.2) is 0 Å². The summed E-state index contributed by atoms with van der Waals surface area (Å²) in [7, 11) is 0. The number of aldehydes is 1. The lowest BCUT2D eigenvalue weighted by Crippen LogP contribution is -2.00. The molecule has 1 nitrogen and oxygen atoms in total. The molecule has 0 unspecified atom stereocenters. The van der Waals surface area contributed by atoms with Crippen LogP contribution in [0.15, 0.2) is 0 Å². The minimum Gasteiger partial charge on any atom is -0.303 e. The summed E-state index contributed by atoms with van der Waals surface area (Å²) in [6.07, 6.45) is 3.54. The quantitative estimate of drug-likeness (QED) is 0.390. The van der Waals surface area contributed by atoms with E-state index in [1.807, 2.05) is 0 Å². The van der Waals surface area contributed by atoms with Gasteiger partial charge in [-0.05, 0) is 19.3 Å². The van der Waals surface area contributed by atoms with Crippen molar-refractivity contribution >= 4 is 41.1 Å². The van der Waals surface area contributed by atoms with Gasteiger partial charge in [0.05, 0.1) is 0 Å². The molecule has 0 N–H and O–H groups in total. The smallest absolute Gasteiger partial charge is 0.190 e. The molecule has 0 atom stereocenters. The van der Waals surface area contributed by atoms with Gasteiger partial charge in [-0.2, -0.15) is 0 Å². The zero-order valence-electron chi connectivity index (χ0n) is 5.45. The van der Waals surface area contributed by atoms with Crippen molar-refractivity contribution in [1.29, 1.82) is 0 Å². The van der Waals surface area contributed by atoms with Gasteiger partial charge < -0.3 is 4.79 Å². The third-order valence-corrected chi connectivity index (χ3v) is 1.60. The SMILES string of the molecule is O=CCCCCC(Cl)(Cl)Cl. The van der Waals surface area contributed by atoms with E-state index in [4.69, 9.17) is 34.8 Å². The first-order valence-electron chi connectivity index (χ1n) is 3.06. The van der Waals surface area contributed by atoms with E-state index in [1.165, 1.54) is 0 Å². The van der Waals surface area contributed by atoms with Crippen molar-refractivity contribution in [3.05, 3.63) is 0 Å². The predicted octanol–water partition coefficient (Wildman–Crippen LogP) is 3.12.